The monoisotopic (exact) mass is 448 g/mol. The number of nitrogens with zero attached hydrogens (tertiary/aromatic N) is 3. The molecule has 0 spiro atoms. The van der Waals surface area contributed by atoms with Crippen LogP contribution in [-0.2, 0) is 11.4 Å². The predicted molar refractivity (Wildman–Crippen MR) is 125 cm³/mol. The van der Waals surface area contributed by atoms with Crippen molar-refractivity contribution in [2.75, 3.05) is 32.6 Å². The molecular weight excluding hydrogens is 423 g/mol. The van der Waals surface area contributed by atoms with E-state index in [1.54, 1.807) is 30.3 Å². The van der Waals surface area contributed by atoms with Crippen molar-refractivity contribution in [3.8, 4) is 17.6 Å². The highest BCUT2D eigenvalue weighted by Crippen LogP contribution is 2.36. The summed E-state index contributed by atoms with van der Waals surface area (Å²) in [7, 11) is 3.81. The van der Waals surface area contributed by atoms with Gasteiger partial charge in [0.05, 0.1) is 17.8 Å². The van der Waals surface area contributed by atoms with Crippen molar-refractivity contribution >= 4 is 22.5 Å². The predicted octanol–water partition coefficient (Wildman–Crippen LogP) is 4.28. The topological polar surface area (TPSA) is 87.5 Å². The van der Waals surface area contributed by atoms with E-state index >= 15 is 0 Å². The highest BCUT2D eigenvalue weighted by Gasteiger charge is 2.16. The SMILES string of the molecule is CCOc1cc2ncc(C#N)c(OCc3cccc(F)c3)c2cc1NC(=O)C=CCN(C)C. The van der Waals surface area contributed by atoms with Crippen LogP contribution in [0.1, 0.15) is 18.1 Å². The first-order valence-electron chi connectivity index (χ1n) is 10.4. The number of anilines is 1. The molecule has 1 N–H and O–H groups in total. The quantitative estimate of drug-likeness (QED) is 0.492. The Balaban J connectivity index is 1.99. The average Bonchev–Trinajstić information content (AvgIpc) is 2.77. The van der Waals surface area contributed by atoms with Gasteiger partial charge >= 0.3 is 0 Å². The van der Waals surface area contributed by atoms with E-state index < -0.39 is 0 Å². The Kier molecular flexibility index (Phi) is 7.95. The zero-order valence-electron chi connectivity index (χ0n) is 18.8. The van der Waals surface area contributed by atoms with E-state index in [9.17, 15) is 14.4 Å². The summed E-state index contributed by atoms with van der Waals surface area (Å²) in [5.74, 6) is 0.0646. The van der Waals surface area contributed by atoms with Crippen molar-refractivity contribution in [1.29, 1.82) is 5.26 Å². The minimum atomic E-state index is -0.370. The molecule has 1 heterocycles. The van der Waals surface area contributed by atoms with Gasteiger partial charge in [-0.25, -0.2) is 4.39 Å². The number of carbonyl (C=O) groups excluding carboxylic acids is 1. The summed E-state index contributed by atoms with van der Waals surface area (Å²) in [5.41, 5.74) is 1.81. The van der Waals surface area contributed by atoms with Crippen LogP contribution in [0, 0.1) is 17.1 Å². The third-order valence-electron chi connectivity index (χ3n) is 4.61. The number of nitriles is 1. The highest BCUT2D eigenvalue weighted by molar-refractivity contribution is 6.03. The minimum Gasteiger partial charge on any atom is -0.492 e. The number of nitrogens with one attached hydrogen (secondary N) is 1. The molecule has 0 saturated heterocycles. The number of amides is 1. The molecule has 8 heteroatoms. The van der Waals surface area contributed by atoms with E-state index in [0.717, 1.165) is 0 Å². The zero-order chi connectivity index (χ0) is 23.8. The summed E-state index contributed by atoms with van der Waals surface area (Å²) in [6.07, 6.45) is 4.62. The Labute approximate surface area is 192 Å². The smallest absolute Gasteiger partial charge is 0.248 e. The number of hydrogen-bond donors (Lipinski definition) is 1. The number of hydrogen-bond acceptors (Lipinski definition) is 6. The van der Waals surface area contributed by atoms with Gasteiger partial charge in [-0.15, -0.1) is 0 Å². The van der Waals surface area contributed by atoms with Crippen molar-refractivity contribution in [1.82, 2.24) is 9.88 Å². The normalized spacial score (nSPS) is 11.0. The van der Waals surface area contributed by atoms with Crippen molar-refractivity contribution in [2.45, 2.75) is 13.5 Å². The van der Waals surface area contributed by atoms with E-state index in [-0.39, 0.29) is 23.9 Å². The van der Waals surface area contributed by atoms with Gasteiger partial charge in [-0.1, -0.05) is 18.2 Å². The number of fused-ring (bicyclic) bond motifs is 1. The summed E-state index contributed by atoms with van der Waals surface area (Å²) in [4.78, 5) is 18.7. The van der Waals surface area contributed by atoms with Crippen LogP contribution in [0.5, 0.6) is 11.5 Å². The molecule has 3 aromatic rings. The third kappa shape index (κ3) is 6.28. The maximum Gasteiger partial charge on any atom is 0.248 e. The molecule has 0 atom stereocenters. The zero-order valence-corrected chi connectivity index (χ0v) is 18.8. The van der Waals surface area contributed by atoms with Crippen LogP contribution in [0.4, 0.5) is 10.1 Å². The molecule has 0 unspecified atom stereocenters. The standard InChI is InChI=1S/C25H25FN4O3/c1-4-32-23-13-21-20(12-22(23)29-24(31)9-6-10-30(2)3)25(18(14-27)15-28-21)33-16-17-7-5-8-19(26)11-17/h5-9,11-13,15H,4,10,16H2,1-3H3,(H,29,31). The van der Waals surface area contributed by atoms with Gasteiger partial charge in [0.1, 0.15) is 35.6 Å². The molecule has 0 fully saturated rings. The fourth-order valence-electron chi connectivity index (χ4n) is 3.13. The van der Waals surface area contributed by atoms with Crippen LogP contribution in [0.15, 0.2) is 54.7 Å². The van der Waals surface area contributed by atoms with E-state index in [2.05, 4.69) is 16.4 Å². The van der Waals surface area contributed by atoms with Gasteiger partial charge in [0, 0.05) is 30.3 Å². The lowest BCUT2D eigenvalue weighted by atomic mass is 10.1. The fourth-order valence-corrected chi connectivity index (χ4v) is 3.13. The molecule has 0 aliphatic rings. The summed E-state index contributed by atoms with van der Waals surface area (Å²) in [6, 6.07) is 11.5. The van der Waals surface area contributed by atoms with Crippen LogP contribution in [0.3, 0.4) is 0 Å². The van der Waals surface area contributed by atoms with E-state index in [4.69, 9.17) is 9.47 Å². The molecule has 0 saturated carbocycles. The van der Waals surface area contributed by atoms with E-state index in [1.807, 2.05) is 25.9 Å². The highest BCUT2D eigenvalue weighted by atomic mass is 19.1. The minimum absolute atomic E-state index is 0.0632. The number of ether oxygens (including phenoxy) is 2. The van der Waals surface area contributed by atoms with Crippen molar-refractivity contribution in [3.63, 3.8) is 0 Å². The van der Waals surface area contributed by atoms with Gasteiger partial charge in [-0.2, -0.15) is 5.26 Å². The number of carbonyl (C=O) groups is 1. The van der Waals surface area contributed by atoms with Gasteiger partial charge in [-0.05, 0) is 44.8 Å². The van der Waals surface area contributed by atoms with Crippen molar-refractivity contribution in [3.05, 3.63) is 71.7 Å². The Morgan fingerprint density at radius 3 is 2.79 bits per heavy atom. The molecule has 7 nitrogen and oxygen atoms in total. The average molecular weight is 448 g/mol. The van der Waals surface area contributed by atoms with Crippen LogP contribution >= 0.6 is 0 Å². The Morgan fingerprint density at radius 1 is 1.27 bits per heavy atom. The van der Waals surface area contributed by atoms with Crippen LogP contribution in [-0.4, -0.2) is 43.0 Å². The number of aromatic nitrogens is 1. The van der Waals surface area contributed by atoms with E-state index in [0.29, 0.717) is 46.8 Å². The molecule has 3 rings (SSSR count). The molecule has 1 aromatic heterocycles. The van der Waals surface area contributed by atoms with Crippen LogP contribution < -0.4 is 14.8 Å². The Morgan fingerprint density at radius 2 is 2.09 bits per heavy atom. The second-order valence-corrected chi connectivity index (χ2v) is 7.48. The Bertz CT molecular complexity index is 1220. The largest absolute Gasteiger partial charge is 0.492 e. The van der Waals surface area contributed by atoms with Gasteiger partial charge in [0.2, 0.25) is 5.91 Å². The molecule has 0 radical (unpaired) electrons. The molecule has 170 valence electrons. The van der Waals surface area contributed by atoms with Gasteiger partial charge < -0.3 is 19.7 Å². The second-order valence-electron chi connectivity index (χ2n) is 7.48. The number of pyridine rings is 1. The molecule has 0 aliphatic heterocycles. The lowest BCUT2D eigenvalue weighted by Crippen LogP contribution is -2.13. The van der Waals surface area contributed by atoms with Gasteiger partial charge in [-0.3, -0.25) is 9.78 Å². The third-order valence-corrected chi connectivity index (χ3v) is 4.61. The van der Waals surface area contributed by atoms with Crippen molar-refractivity contribution < 1.29 is 18.7 Å². The Hall–Kier alpha value is -3.96. The lowest BCUT2D eigenvalue weighted by molar-refractivity contribution is -0.111. The molecule has 1 amide bonds. The fraction of sp³-hybridized carbons (Fsp3) is 0.240. The molecule has 0 aliphatic carbocycles. The summed E-state index contributed by atoms with van der Waals surface area (Å²) < 4.78 is 25.2. The van der Waals surface area contributed by atoms with E-state index in [1.165, 1.54) is 24.4 Å². The second kappa shape index (κ2) is 11.1. The van der Waals surface area contributed by atoms with Crippen LogP contribution in [0.25, 0.3) is 10.9 Å². The first-order valence-corrected chi connectivity index (χ1v) is 10.4. The first-order chi connectivity index (χ1) is 15.9. The van der Waals surface area contributed by atoms with Gasteiger partial charge in [0.25, 0.3) is 0 Å². The van der Waals surface area contributed by atoms with Gasteiger partial charge in [0.15, 0.2) is 0 Å². The first kappa shape index (κ1) is 23.7. The lowest BCUT2D eigenvalue weighted by Gasteiger charge is -2.15. The summed E-state index contributed by atoms with van der Waals surface area (Å²) in [6.45, 7) is 2.92. The van der Waals surface area contributed by atoms with Crippen LogP contribution in [0.2, 0.25) is 0 Å². The summed E-state index contributed by atoms with van der Waals surface area (Å²) >= 11 is 0. The number of rotatable bonds is 9. The molecule has 33 heavy (non-hydrogen) atoms. The number of benzene rings is 2. The number of halogens is 1. The van der Waals surface area contributed by atoms with Crippen molar-refractivity contribution in [2.24, 2.45) is 0 Å². The maximum atomic E-state index is 13.5. The maximum absolute atomic E-state index is 13.5. The molecular formula is C25H25FN4O3. The molecule has 2 aromatic carbocycles. The summed E-state index contributed by atoms with van der Waals surface area (Å²) in [5, 5.41) is 12.9. The number of likely N-dealkylation sites (N-methyl/N-ethyl adjacent to an activating group) is 1. The molecule has 0 bridgehead atoms.